The molecule has 0 aliphatic carbocycles. The van der Waals surface area contributed by atoms with Crippen LogP contribution in [-0.4, -0.2) is 49.1 Å². The Hall–Kier alpha value is -0.900. The molecule has 1 aliphatic heterocycles. The quantitative estimate of drug-likeness (QED) is 0.900. The van der Waals surface area contributed by atoms with Gasteiger partial charge in [-0.05, 0) is 31.5 Å². The lowest BCUT2D eigenvalue weighted by atomic mass is 9.98. The highest BCUT2D eigenvalue weighted by molar-refractivity contribution is 5.29. The van der Waals surface area contributed by atoms with Gasteiger partial charge in [-0.1, -0.05) is 31.2 Å². The summed E-state index contributed by atoms with van der Waals surface area (Å²) in [6.07, 6.45) is 1.21. The third kappa shape index (κ3) is 3.16. The number of nitrogens with zero attached hydrogens (tertiary/aromatic N) is 2. The molecule has 2 N–H and O–H groups in total. The number of hydrogen-bond donors (Lipinski definition) is 1. The van der Waals surface area contributed by atoms with Crippen LogP contribution in [0.2, 0.25) is 0 Å². The number of nitrogens with two attached hydrogens (primary N) is 1. The van der Waals surface area contributed by atoms with Gasteiger partial charge in [0.15, 0.2) is 0 Å². The summed E-state index contributed by atoms with van der Waals surface area (Å²) in [4.78, 5) is 5.04. The summed E-state index contributed by atoms with van der Waals surface area (Å²) in [6, 6.07) is 9.66. The van der Waals surface area contributed by atoms with Gasteiger partial charge in [0.1, 0.15) is 0 Å². The lowest BCUT2D eigenvalue weighted by molar-refractivity contribution is 0.0642. The van der Waals surface area contributed by atoms with Crippen LogP contribution in [0, 0.1) is 6.92 Å². The maximum atomic E-state index is 6.07. The molecule has 106 valence electrons. The van der Waals surface area contributed by atoms with Gasteiger partial charge in [0.05, 0.1) is 0 Å². The fourth-order valence-electron chi connectivity index (χ4n) is 3.13. The van der Waals surface area contributed by atoms with E-state index in [1.165, 1.54) is 17.5 Å². The number of piperazine rings is 1. The van der Waals surface area contributed by atoms with Gasteiger partial charge in [0.2, 0.25) is 0 Å². The van der Waals surface area contributed by atoms with E-state index < -0.39 is 0 Å². The minimum Gasteiger partial charge on any atom is -0.329 e. The van der Waals surface area contributed by atoms with Crippen LogP contribution in [0.1, 0.15) is 30.5 Å². The van der Waals surface area contributed by atoms with E-state index in [1.807, 2.05) is 0 Å². The van der Waals surface area contributed by atoms with E-state index in [1.54, 1.807) is 0 Å². The van der Waals surface area contributed by atoms with Crippen molar-refractivity contribution in [3.05, 3.63) is 35.4 Å². The second kappa shape index (κ2) is 6.51. The summed E-state index contributed by atoms with van der Waals surface area (Å²) in [5, 5.41) is 0. The van der Waals surface area contributed by atoms with Crippen LogP contribution in [-0.2, 0) is 0 Å². The molecule has 0 radical (unpaired) electrons. The first-order valence-corrected chi connectivity index (χ1v) is 7.37. The van der Waals surface area contributed by atoms with Crippen LogP contribution < -0.4 is 5.73 Å². The molecule has 1 aromatic carbocycles. The zero-order chi connectivity index (χ0) is 13.8. The van der Waals surface area contributed by atoms with Crippen LogP contribution in [0.15, 0.2) is 24.3 Å². The number of aryl methyl sites for hydroxylation is 1. The van der Waals surface area contributed by atoms with Crippen molar-refractivity contribution in [3.8, 4) is 0 Å². The van der Waals surface area contributed by atoms with Crippen LogP contribution in [0.4, 0.5) is 0 Å². The molecule has 0 saturated carbocycles. The highest BCUT2D eigenvalue weighted by atomic mass is 15.3. The second-order valence-corrected chi connectivity index (χ2v) is 5.65. The Bertz CT molecular complexity index is 405. The van der Waals surface area contributed by atoms with Gasteiger partial charge in [-0.2, -0.15) is 0 Å². The third-order valence-electron chi connectivity index (χ3n) is 4.49. The van der Waals surface area contributed by atoms with E-state index in [0.29, 0.717) is 18.6 Å². The first-order valence-electron chi connectivity index (χ1n) is 7.37. The van der Waals surface area contributed by atoms with Gasteiger partial charge in [-0.25, -0.2) is 0 Å². The van der Waals surface area contributed by atoms with Crippen LogP contribution in [0.5, 0.6) is 0 Å². The Morgan fingerprint density at radius 1 is 1.32 bits per heavy atom. The van der Waals surface area contributed by atoms with E-state index in [0.717, 1.165) is 19.6 Å². The van der Waals surface area contributed by atoms with Gasteiger partial charge in [0.25, 0.3) is 0 Å². The van der Waals surface area contributed by atoms with E-state index >= 15 is 0 Å². The van der Waals surface area contributed by atoms with Crippen LogP contribution in [0.25, 0.3) is 0 Å². The van der Waals surface area contributed by atoms with E-state index in [2.05, 4.69) is 55.0 Å². The summed E-state index contributed by atoms with van der Waals surface area (Å²) >= 11 is 0. The molecular weight excluding hydrogens is 234 g/mol. The van der Waals surface area contributed by atoms with E-state index in [4.69, 9.17) is 5.73 Å². The fraction of sp³-hybridized carbons (Fsp3) is 0.625. The summed E-state index contributed by atoms with van der Waals surface area (Å²) < 4.78 is 0. The number of rotatable bonds is 4. The Labute approximate surface area is 117 Å². The minimum atomic E-state index is 0.365. The SMILES string of the molecule is CCC1CN(C(CN)c2ccccc2C)CCN1C. The first-order chi connectivity index (χ1) is 9.17. The normalized spacial score (nSPS) is 23.5. The van der Waals surface area contributed by atoms with Gasteiger partial charge in [-0.15, -0.1) is 0 Å². The summed E-state index contributed by atoms with van der Waals surface area (Å²) in [7, 11) is 2.23. The van der Waals surface area contributed by atoms with Gasteiger partial charge < -0.3 is 10.6 Å². The molecule has 0 bridgehead atoms. The molecular formula is C16H27N3. The van der Waals surface area contributed by atoms with Crippen molar-refractivity contribution in [2.45, 2.75) is 32.4 Å². The number of hydrogen-bond acceptors (Lipinski definition) is 3. The number of likely N-dealkylation sites (N-methyl/N-ethyl adjacent to an activating group) is 1. The molecule has 1 heterocycles. The monoisotopic (exact) mass is 261 g/mol. The smallest absolute Gasteiger partial charge is 0.0474 e. The Kier molecular flexibility index (Phi) is 4.97. The van der Waals surface area contributed by atoms with Crippen molar-refractivity contribution in [2.75, 3.05) is 33.2 Å². The predicted octanol–water partition coefficient (Wildman–Crippen LogP) is 2.02. The van der Waals surface area contributed by atoms with Crippen molar-refractivity contribution in [3.63, 3.8) is 0 Å². The molecule has 1 fully saturated rings. The molecule has 2 rings (SSSR count). The zero-order valence-electron chi connectivity index (χ0n) is 12.5. The van der Waals surface area contributed by atoms with Crippen molar-refractivity contribution in [2.24, 2.45) is 5.73 Å². The van der Waals surface area contributed by atoms with Gasteiger partial charge in [0, 0.05) is 38.3 Å². The van der Waals surface area contributed by atoms with Crippen LogP contribution in [0.3, 0.4) is 0 Å². The van der Waals surface area contributed by atoms with Crippen molar-refractivity contribution >= 4 is 0 Å². The molecule has 0 aromatic heterocycles. The fourth-order valence-corrected chi connectivity index (χ4v) is 3.13. The van der Waals surface area contributed by atoms with E-state index in [-0.39, 0.29) is 0 Å². The molecule has 3 nitrogen and oxygen atoms in total. The summed E-state index contributed by atoms with van der Waals surface area (Å²) in [5.41, 5.74) is 8.82. The molecule has 1 aromatic rings. The summed E-state index contributed by atoms with van der Waals surface area (Å²) in [5.74, 6) is 0. The first kappa shape index (κ1) is 14.5. The molecule has 3 heteroatoms. The average molecular weight is 261 g/mol. The van der Waals surface area contributed by atoms with Crippen molar-refractivity contribution in [1.29, 1.82) is 0 Å². The molecule has 1 aliphatic rings. The Balaban J connectivity index is 2.16. The molecule has 2 unspecified atom stereocenters. The van der Waals surface area contributed by atoms with Crippen molar-refractivity contribution in [1.82, 2.24) is 9.80 Å². The maximum absolute atomic E-state index is 6.07. The topological polar surface area (TPSA) is 32.5 Å². The third-order valence-corrected chi connectivity index (χ3v) is 4.49. The highest BCUT2D eigenvalue weighted by Crippen LogP contribution is 2.25. The lowest BCUT2D eigenvalue weighted by Crippen LogP contribution is -2.53. The molecule has 19 heavy (non-hydrogen) atoms. The average Bonchev–Trinajstić information content (AvgIpc) is 2.43. The van der Waals surface area contributed by atoms with Crippen LogP contribution >= 0.6 is 0 Å². The highest BCUT2D eigenvalue weighted by Gasteiger charge is 2.28. The van der Waals surface area contributed by atoms with Gasteiger partial charge in [-0.3, -0.25) is 4.90 Å². The predicted molar refractivity (Wildman–Crippen MR) is 81.3 cm³/mol. The number of benzene rings is 1. The maximum Gasteiger partial charge on any atom is 0.0474 e. The standard InChI is InChI=1S/C16H27N3/c1-4-14-12-19(10-9-18(14)3)16(11-17)15-8-6-5-7-13(15)2/h5-8,14,16H,4,9-12,17H2,1-3H3. The molecule has 1 saturated heterocycles. The zero-order valence-corrected chi connectivity index (χ0v) is 12.5. The van der Waals surface area contributed by atoms with Gasteiger partial charge >= 0.3 is 0 Å². The molecule has 2 atom stereocenters. The Morgan fingerprint density at radius 3 is 2.68 bits per heavy atom. The second-order valence-electron chi connectivity index (χ2n) is 5.65. The largest absolute Gasteiger partial charge is 0.329 e. The lowest BCUT2D eigenvalue weighted by Gasteiger charge is -2.43. The molecule has 0 amide bonds. The summed E-state index contributed by atoms with van der Waals surface area (Å²) in [6.45, 7) is 8.54. The molecule has 0 spiro atoms. The van der Waals surface area contributed by atoms with E-state index in [9.17, 15) is 0 Å². The minimum absolute atomic E-state index is 0.365. The Morgan fingerprint density at radius 2 is 2.05 bits per heavy atom. The van der Waals surface area contributed by atoms with Crippen molar-refractivity contribution < 1.29 is 0 Å².